The number of aromatic nitrogens is 2. The molecule has 1 aliphatic rings. The zero-order valence-electron chi connectivity index (χ0n) is 11.8. The number of nitrogens with zero attached hydrogens (tertiary/aromatic N) is 2. The second kappa shape index (κ2) is 4.93. The predicted molar refractivity (Wildman–Crippen MR) is 75.8 cm³/mol. The van der Waals surface area contributed by atoms with E-state index in [2.05, 4.69) is 11.9 Å². The minimum absolute atomic E-state index is 0.161. The van der Waals surface area contributed by atoms with Gasteiger partial charge in [0.1, 0.15) is 0 Å². The predicted octanol–water partition coefficient (Wildman–Crippen LogP) is 4.39. The molecule has 1 fully saturated rings. The highest BCUT2D eigenvalue weighted by molar-refractivity contribution is 5.79. The number of hydrogen-bond acceptors (Lipinski definition) is 2. The number of imidazole rings is 1. The van der Waals surface area contributed by atoms with Crippen LogP contribution in [-0.2, 0) is 6.18 Å². The van der Waals surface area contributed by atoms with Crippen LogP contribution in [0, 0.1) is 5.92 Å². The van der Waals surface area contributed by atoms with Gasteiger partial charge in [0.05, 0.1) is 16.6 Å². The van der Waals surface area contributed by atoms with Crippen LogP contribution >= 0.6 is 0 Å². The highest BCUT2D eigenvalue weighted by atomic mass is 19.4. The minimum Gasteiger partial charge on any atom is -0.369 e. The molecule has 0 aliphatic heterocycles. The maximum absolute atomic E-state index is 12.8. The summed E-state index contributed by atoms with van der Waals surface area (Å²) < 4.78 is 40.2. The van der Waals surface area contributed by atoms with Crippen molar-refractivity contribution in [1.82, 2.24) is 9.55 Å². The normalized spacial score (nSPS) is 18.5. The van der Waals surface area contributed by atoms with Crippen molar-refractivity contribution < 1.29 is 13.2 Å². The zero-order chi connectivity index (χ0) is 15.2. The lowest BCUT2D eigenvalue weighted by Gasteiger charge is -2.22. The van der Waals surface area contributed by atoms with Crippen LogP contribution in [0.2, 0.25) is 0 Å². The molecule has 0 amide bonds. The van der Waals surface area contributed by atoms with E-state index < -0.39 is 11.7 Å². The average Bonchev–Trinajstić information content (AvgIpc) is 3.02. The molecule has 1 heterocycles. The first kappa shape index (κ1) is 14.2. The Hall–Kier alpha value is -1.72. The maximum atomic E-state index is 12.8. The van der Waals surface area contributed by atoms with E-state index in [1.165, 1.54) is 18.9 Å². The molecule has 1 aliphatic carbocycles. The van der Waals surface area contributed by atoms with E-state index in [0.717, 1.165) is 25.0 Å². The molecular weight excluding hydrogens is 279 g/mol. The number of hydrogen-bond donors (Lipinski definition) is 1. The van der Waals surface area contributed by atoms with Gasteiger partial charge in [0.15, 0.2) is 0 Å². The van der Waals surface area contributed by atoms with Gasteiger partial charge in [0.2, 0.25) is 5.95 Å². The molecule has 2 N–H and O–H groups in total. The van der Waals surface area contributed by atoms with Gasteiger partial charge in [0, 0.05) is 6.04 Å². The van der Waals surface area contributed by atoms with Gasteiger partial charge in [0.25, 0.3) is 0 Å². The second-order valence-electron chi connectivity index (χ2n) is 5.83. The van der Waals surface area contributed by atoms with Gasteiger partial charge in [-0.15, -0.1) is 0 Å². The lowest BCUT2D eigenvalue weighted by atomic mass is 9.99. The van der Waals surface area contributed by atoms with Crippen molar-refractivity contribution in [2.45, 2.75) is 44.8 Å². The number of benzene rings is 1. The van der Waals surface area contributed by atoms with Crippen molar-refractivity contribution >= 4 is 17.0 Å². The van der Waals surface area contributed by atoms with Crippen LogP contribution in [0.4, 0.5) is 19.1 Å². The van der Waals surface area contributed by atoms with Gasteiger partial charge in [-0.3, -0.25) is 0 Å². The zero-order valence-corrected chi connectivity index (χ0v) is 11.8. The number of rotatable bonds is 2. The van der Waals surface area contributed by atoms with Gasteiger partial charge < -0.3 is 10.3 Å². The van der Waals surface area contributed by atoms with Crippen LogP contribution in [0.3, 0.4) is 0 Å². The number of halogens is 3. The number of alkyl halides is 3. The molecular formula is C15H18F3N3. The summed E-state index contributed by atoms with van der Waals surface area (Å²) >= 11 is 0. The summed E-state index contributed by atoms with van der Waals surface area (Å²) in [5, 5.41) is 0. The molecule has 0 saturated heterocycles. The number of anilines is 1. The van der Waals surface area contributed by atoms with Crippen LogP contribution in [0.25, 0.3) is 11.0 Å². The van der Waals surface area contributed by atoms with Crippen LogP contribution in [0.5, 0.6) is 0 Å². The lowest BCUT2D eigenvalue weighted by molar-refractivity contribution is -0.137. The quantitative estimate of drug-likeness (QED) is 0.893. The molecule has 1 aromatic heterocycles. The summed E-state index contributed by atoms with van der Waals surface area (Å²) in [5.74, 6) is 0.815. The molecule has 0 bridgehead atoms. The average molecular weight is 297 g/mol. The van der Waals surface area contributed by atoms with Crippen molar-refractivity contribution in [2.75, 3.05) is 5.73 Å². The molecule has 0 spiro atoms. The summed E-state index contributed by atoms with van der Waals surface area (Å²) in [6.07, 6.45) is 0.338. The van der Waals surface area contributed by atoms with Crippen molar-refractivity contribution in [1.29, 1.82) is 0 Å². The van der Waals surface area contributed by atoms with Crippen molar-refractivity contribution in [3.8, 4) is 0 Å². The van der Waals surface area contributed by atoms with Crippen molar-refractivity contribution in [2.24, 2.45) is 5.92 Å². The van der Waals surface area contributed by atoms with Crippen LogP contribution in [-0.4, -0.2) is 9.55 Å². The topological polar surface area (TPSA) is 43.8 Å². The Labute approximate surface area is 121 Å². The molecule has 1 aromatic carbocycles. The SMILES string of the molecule is CC(C1CCCC1)n1c(N)nc2cc(C(F)(F)F)ccc21. The Balaban J connectivity index is 2.05. The van der Waals surface area contributed by atoms with Gasteiger partial charge >= 0.3 is 6.18 Å². The van der Waals surface area contributed by atoms with E-state index in [9.17, 15) is 13.2 Å². The van der Waals surface area contributed by atoms with Crippen LogP contribution in [0.1, 0.15) is 44.2 Å². The van der Waals surface area contributed by atoms with Gasteiger partial charge in [-0.25, -0.2) is 4.98 Å². The fourth-order valence-corrected chi connectivity index (χ4v) is 3.37. The molecule has 2 aromatic rings. The van der Waals surface area contributed by atoms with Crippen LogP contribution in [0.15, 0.2) is 18.2 Å². The highest BCUT2D eigenvalue weighted by Crippen LogP contribution is 2.38. The molecule has 1 unspecified atom stereocenters. The molecule has 1 saturated carbocycles. The van der Waals surface area contributed by atoms with Crippen LogP contribution < -0.4 is 5.73 Å². The third kappa shape index (κ3) is 2.47. The Morgan fingerprint density at radius 3 is 2.57 bits per heavy atom. The molecule has 3 nitrogen and oxygen atoms in total. The van der Waals surface area contributed by atoms with Gasteiger partial charge in [-0.1, -0.05) is 12.8 Å². The summed E-state index contributed by atoms with van der Waals surface area (Å²) in [7, 11) is 0. The number of nitrogen functional groups attached to an aromatic ring is 1. The fourth-order valence-electron chi connectivity index (χ4n) is 3.37. The third-order valence-electron chi connectivity index (χ3n) is 4.53. The largest absolute Gasteiger partial charge is 0.416 e. The second-order valence-corrected chi connectivity index (χ2v) is 5.83. The summed E-state index contributed by atoms with van der Waals surface area (Å²) in [5.41, 5.74) is 6.26. The third-order valence-corrected chi connectivity index (χ3v) is 4.53. The van der Waals surface area contributed by atoms with Gasteiger partial charge in [-0.2, -0.15) is 13.2 Å². The number of fused-ring (bicyclic) bond motifs is 1. The fraction of sp³-hybridized carbons (Fsp3) is 0.533. The van der Waals surface area contributed by atoms with E-state index >= 15 is 0 Å². The summed E-state index contributed by atoms with van der Waals surface area (Å²) in [6.45, 7) is 2.07. The Morgan fingerprint density at radius 1 is 1.29 bits per heavy atom. The van der Waals surface area contributed by atoms with Crippen molar-refractivity contribution in [3.63, 3.8) is 0 Å². The first-order chi connectivity index (χ1) is 9.88. The van der Waals surface area contributed by atoms with E-state index in [0.29, 0.717) is 22.9 Å². The lowest BCUT2D eigenvalue weighted by Crippen LogP contribution is -2.16. The molecule has 6 heteroatoms. The molecule has 114 valence electrons. The molecule has 1 atom stereocenters. The minimum atomic E-state index is -4.36. The standard InChI is InChI=1S/C15H18F3N3/c1-9(10-4-2-3-5-10)21-13-7-6-11(15(16,17)18)8-12(13)20-14(21)19/h6-10H,2-5H2,1H3,(H2,19,20). The Morgan fingerprint density at radius 2 is 1.95 bits per heavy atom. The van der Waals surface area contributed by atoms with E-state index in [-0.39, 0.29) is 6.04 Å². The van der Waals surface area contributed by atoms with E-state index in [4.69, 9.17) is 5.73 Å². The van der Waals surface area contributed by atoms with E-state index in [1.807, 2.05) is 4.57 Å². The van der Waals surface area contributed by atoms with E-state index in [1.54, 1.807) is 0 Å². The molecule has 21 heavy (non-hydrogen) atoms. The van der Waals surface area contributed by atoms with Gasteiger partial charge in [-0.05, 0) is 43.9 Å². The first-order valence-electron chi connectivity index (χ1n) is 7.22. The summed E-state index contributed by atoms with van der Waals surface area (Å²) in [4.78, 5) is 4.12. The highest BCUT2D eigenvalue weighted by Gasteiger charge is 2.32. The smallest absolute Gasteiger partial charge is 0.369 e. The first-order valence-corrected chi connectivity index (χ1v) is 7.22. The summed E-state index contributed by atoms with van der Waals surface area (Å²) in [6, 6.07) is 3.81. The Kier molecular flexibility index (Phi) is 3.34. The number of nitrogens with two attached hydrogens (primary N) is 1. The molecule has 3 rings (SSSR count). The molecule has 0 radical (unpaired) electrons. The Bertz CT molecular complexity index is 654. The maximum Gasteiger partial charge on any atom is 0.416 e. The monoisotopic (exact) mass is 297 g/mol. The van der Waals surface area contributed by atoms with Crippen molar-refractivity contribution in [3.05, 3.63) is 23.8 Å².